The molecule has 0 bridgehead atoms. The number of aliphatic hydroxyl groups is 9. The van der Waals surface area contributed by atoms with E-state index in [2.05, 4.69) is 10.6 Å². The van der Waals surface area contributed by atoms with E-state index in [1.807, 2.05) is 13.8 Å². The van der Waals surface area contributed by atoms with Crippen molar-refractivity contribution in [3.8, 4) is 0 Å². The van der Waals surface area contributed by atoms with Crippen molar-refractivity contribution in [3.05, 3.63) is 0 Å². The summed E-state index contributed by atoms with van der Waals surface area (Å²) in [4.78, 5) is 38.5. The fraction of sp³-hybridized carbons (Fsp3) is 0.923. The molecule has 15 atom stereocenters. The van der Waals surface area contributed by atoms with Gasteiger partial charge in [0.2, 0.25) is 5.91 Å². The number of aliphatic hydroxyl groups excluding tert-OH is 9. The van der Waals surface area contributed by atoms with Gasteiger partial charge >= 0.3 is 0 Å². The van der Waals surface area contributed by atoms with E-state index in [1.165, 1.54) is 0 Å². The lowest BCUT2D eigenvalue weighted by molar-refractivity contribution is -0.283. The van der Waals surface area contributed by atoms with Crippen LogP contribution in [-0.4, -0.2) is 228 Å². The molecule has 62 heavy (non-hydrogen) atoms. The summed E-state index contributed by atoms with van der Waals surface area (Å²) >= 11 is 0. The van der Waals surface area contributed by atoms with Gasteiger partial charge in [-0.05, 0) is 0 Å². The van der Waals surface area contributed by atoms with Crippen LogP contribution in [0.15, 0.2) is 0 Å². The van der Waals surface area contributed by atoms with Crippen LogP contribution in [0.25, 0.3) is 0 Å². The van der Waals surface area contributed by atoms with Gasteiger partial charge in [-0.15, -0.1) is 0 Å². The molecule has 3 saturated heterocycles. The number of rotatable bonds is 28. The fourth-order valence-corrected chi connectivity index (χ4v) is 7.13. The highest BCUT2D eigenvalue weighted by molar-refractivity contribution is 5.80. The Labute approximate surface area is 360 Å². The molecule has 3 fully saturated rings. The highest BCUT2D eigenvalue weighted by Crippen LogP contribution is 2.29. The zero-order valence-electron chi connectivity index (χ0n) is 36.1. The van der Waals surface area contributed by atoms with Crippen molar-refractivity contribution in [2.75, 3.05) is 79.4 Å². The number of ether oxygens (including phenoxy) is 9. The number of carbonyl (C=O) groups excluding carboxylic acids is 3. The van der Waals surface area contributed by atoms with E-state index in [1.54, 1.807) is 20.8 Å². The standard InChI is InChI=1S/C39H70N2O21/c1-20(2)41-39(16-54-13-24(45)6-8-57-36-21(3)30(48)33(51)26(10-42)60-36,17-55-14-25(46)7-9-58-37-22(4)31(49)34(52)27(11-43)61-37)18-56-15-29(47)40-19-59-38-23(5)32(50)35(53)28(12-44)62-38/h20-23,26-28,30-38,41-44,48-53H,6-19H2,1-5H3,(H,40,47)/t21?,22?,23?,26?,27?,28?,30-,31-,32-,33+,34+,35+,36-,37-,38-,39?/m1/s1. The van der Waals surface area contributed by atoms with E-state index in [9.17, 15) is 60.3 Å². The second-order valence-corrected chi connectivity index (χ2v) is 16.5. The molecule has 0 aromatic heterocycles. The predicted octanol–water partition coefficient (Wildman–Crippen LogP) is -4.96. The third-order valence-corrected chi connectivity index (χ3v) is 10.9. The maximum absolute atomic E-state index is 12.9. The molecule has 3 heterocycles. The largest absolute Gasteiger partial charge is 0.394 e. The maximum atomic E-state index is 12.9. The molecule has 0 spiro atoms. The quantitative estimate of drug-likeness (QED) is 0.0328. The first-order chi connectivity index (χ1) is 29.4. The van der Waals surface area contributed by atoms with Crippen LogP contribution in [0.2, 0.25) is 0 Å². The molecule has 0 saturated carbocycles. The van der Waals surface area contributed by atoms with Crippen LogP contribution >= 0.6 is 0 Å². The van der Waals surface area contributed by atoms with Crippen LogP contribution in [0.1, 0.15) is 47.5 Å². The SMILES string of the molecule is CC(C)NC(COCC(=O)CCO[C@@H]1OC(CO)[C@H](O)[C@H](O)C1C)(COCC(=O)CCO[C@@H]1OC(CO)[C@H](O)[C@H](O)C1C)COCC(=O)NCO[C@@H]1OC(CO)[C@H](O)[C@H](O)C1C. The number of carbonyl (C=O) groups is 3. The number of amides is 1. The van der Waals surface area contributed by atoms with Gasteiger partial charge in [-0.3, -0.25) is 14.4 Å². The number of Topliss-reactive ketones (excluding diaryl/α,β-unsaturated/α-hetero) is 2. The summed E-state index contributed by atoms with van der Waals surface area (Å²) in [6.45, 7) is 4.35. The Balaban J connectivity index is 1.56. The Bertz CT molecular complexity index is 1180. The average Bonchev–Trinajstić information content (AvgIpc) is 3.23. The Morgan fingerprint density at radius 1 is 0.565 bits per heavy atom. The molecule has 3 aliphatic rings. The number of ketones is 2. The van der Waals surface area contributed by atoms with Crippen LogP contribution < -0.4 is 10.6 Å². The van der Waals surface area contributed by atoms with Gasteiger partial charge < -0.3 is 99.2 Å². The molecule has 0 aromatic rings. The Kier molecular flexibility index (Phi) is 23.6. The molecule has 23 nitrogen and oxygen atoms in total. The fourth-order valence-electron chi connectivity index (χ4n) is 7.13. The maximum Gasteiger partial charge on any atom is 0.247 e. The van der Waals surface area contributed by atoms with Crippen LogP contribution in [0.4, 0.5) is 0 Å². The van der Waals surface area contributed by atoms with Gasteiger partial charge in [0.1, 0.15) is 63.2 Å². The summed E-state index contributed by atoms with van der Waals surface area (Å²) in [6.07, 6.45) is -14.0. The zero-order valence-corrected chi connectivity index (χ0v) is 36.1. The van der Waals surface area contributed by atoms with Gasteiger partial charge in [0.05, 0.1) is 76.7 Å². The Morgan fingerprint density at radius 2 is 0.919 bits per heavy atom. The van der Waals surface area contributed by atoms with E-state index in [4.69, 9.17) is 42.6 Å². The summed E-state index contributed by atoms with van der Waals surface area (Å²) < 4.78 is 50.8. The molecule has 0 aromatic carbocycles. The van der Waals surface area contributed by atoms with Crippen LogP contribution in [0, 0.1) is 17.8 Å². The van der Waals surface area contributed by atoms with Crippen LogP contribution in [0.5, 0.6) is 0 Å². The smallest absolute Gasteiger partial charge is 0.247 e. The minimum Gasteiger partial charge on any atom is -0.394 e. The molecule has 0 aliphatic carbocycles. The van der Waals surface area contributed by atoms with Crippen molar-refractivity contribution in [2.45, 2.75) is 133 Å². The topological polar surface area (TPSA) is 340 Å². The monoisotopic (exact) mass is 902 g/mol. The van der Waals surface area contributed by atoms with E-state index in [-0.39, 0.29) is 83.4 Å². The van der Waals surface area contributed by atoms with Crippen molar-refractivity contribution in [1.29, 1.82) is 0 Å². The molecule has 11 N–H and O–H groups in total. The van der Waals surface area contributed by atoms with Gasteiger partial charge in [-0.1, -0.05) is 34.6 Å². The molecular weight excluding hydrogens is 832 g/mol. The van der Waals surface area contributed by atoms with Crippen LogP contribution in [0.3, 0.4) is 0 Å². The zero-order chi connectivity index (χ0) is 46.1. The van der Waals surface area contributed by atoms with E-state index >= 15 is 0 Å². The second-order valence-electron chi connectivity index (χ2n) is 16.5. The average molecular weight is 903 g/mol. The molecule has 6 unspecified atom stereocenters. The van der Waals surface area contributed by atoms with E-state index < -0.39 is 129 Å². The lowest BCUT2D eigenvalue weighted by Gasteiger charge is -2.40. The first-order valence-electron chi connectivity index (χ1n) is 20.9. The molecule has 0 radical (unpaired) electrons. The Morgan fingerprint density at radius 3 is 1.27 bits per heavy atom. The Hall–Kier alpha value is -1.95. The summed E-state index contributed by atoms with van der Waals surface area (Å²) in [6, 6.07) is -0.224. The molecule has 1 amide bonds. The molecular formula is C39H70N2O21. The summed E-state index contributed by atoms with van der Waals surface area (Å²) in [7, 11) is 0. The normalized spacial score (nSPS) is 35.1. The minimum absolute atomic E-state index is 0.110. The summed E-state index contributed by atoms with van der Waals surface area (Å²) in [5, 5.41) is 95.2. The second kappa shape index (κ2) is 26.9. The third kappa shape index (κ3) is 16.2. The van der Waals surface area contributed by atoms with E-state index in [0.29, 0.717) is 0 Å². The molecule has 23 heteroatoms. The summed E-state index contributed by atoms with van der Waals surface area (Å²) in [5.41, 5.74) is -1.22. The van der Waals surface area contributed by atoms with Gasteiger partial charge in [-0.2, -0.15) is 0 Å². The number of hydrogen-bond donors (Lipinski definition) is 11. The van der Waals surface area contributed by atoms with Gasteiger partial charge in [0.25, 0.3) is 0 Å². The van der Waals surface area contributed by atoms with Crippen molar-refractivity contribution in [1.82, 2.24) is 10.6 Å². The van der Waals surface area contributed by atoms with Crippen molar-refractivity contribution in [3.63, 3.8) is 0 Å². The van der Waals surface area contributed by atoms with E-state index in [0.717, 1.165) is 0 Å². The molecule has 3 rings (SSSR count). The molecule has 3 aliphatic heterocycles. The van der Waals surface area contributed by atoms with Crippen molar-refractivity contribution in [2.24, 2.45) is 17.8 Å². The van der Waals surface area contributed by atoms with Crippen molar-refractivity contribution < 1.29 is 103 Å². The first kappa shape index (κ1) is 54.4. The highest BCUT2D eigenvalue weighted by Gasteiger charge is 2.45. The summed E-state index contributed by atoms with van der Waals surface area (Å²) in [5.74, 6) is -3.31. The lowest BCUT2D eigenvalue weighted by atomic mass is 9.92. The molecule has 362 valence electrons. The predicted molar refractivity (Wildman–Crippen MR) is 209 cm³/mol. The van der Waals surface area contributed by atoms with Gasteiger partial charge in [0.15, 0.2) is 30.4 Å². The third-order valence-electron chi connectivity index (χ3n) is 10.9. The highest BCUT2D eigenvalue weighted by atomic mass is 16.7. The van der Waals surface area contributed by atoms with Gasteiger partial charge in [-0.25, -0.2) is 0 Å². The first-order valence-corrected chi connectivity index (χ1v) is 20.9. The van der Waals surface area contributed by atoms with Crippen molar-refractivity contribution >= 4 is 17.5 Å². The lowest BCUT2D eigenvalue weighted by Crippen LogP contribution is -2.59. The number of hydrogen-bond acceptors (Lipinski definition) is 22. The van der Waals surface area contributed by atoms with Crippen LogP contribution in [-0.2, 0) is 57.0 Å². The number of nitrogens with one attached hydrogen (secondary N) is 2. The van der Waals surface area contributed by atoms with Gasteiger partial charge in [0, 0.05) is 36.6 Å². The minimum atomic E-state index is -1.32.